The highest BCUT2D eigenvalue weighted by molar-refractivity contribution is 6.14. The molecule has 0 saturated carbocycles. The van der Waals surface area contributed by atoms with E-state index in [9.17, 15) is 13.2 Å². The molecule has 0 aliphatic carbocycles. The Balaban J connectivity index is 1.25. The molecule has 0 aliphatic heterocycles. The van der Waals surface area contributed by atoms with Gasteiger partial charge in [0.25, 0.3) is 0 Å². The molecule has 0 amide bonds. The highest BCUT2D eigenvalue weighted by Gasteiger charge is 2.32. The van der Waals surface area contributed by atoms with Gasteiger partial charge in [-0.2, -0.15) is 13.2 Å². The van der Waals surface area contributed by atoms with Gasteiger partial charge in [-0.15, -0.1) is 0 Å². The van der Waals surface area contributed by atoms with Crippen molar-refractivity contribution in [3.63, 3.8) is 0 Å². The number of hydrogen-bond acceptors (Lipinski definition) is 0. The number of aromatic nitrogens is 2. The van der Waals surface area contributed by atoms with Crippen LogP contribution in [0.4, 0.5) is 18.9 Å². The molecule has 2 heterocycles. The Kier molecular flexibility index (Phi) is 9.34. The third-order valence-corrected chi connectivity index (χ3v) is 12.8. The first-order chi connectivity index (χ1) is 31.6. The summed E-state index contributed by atoms with van der Waals surface area (Å²) in [5.41, 5.74) is 15.2. The Morgan fingerprint density at radius 1 is 0.415 bits per heavy atom. The number of fused-ring (bicyclic) bond motifs is 6. The van der Waals surface area contributed by atoms with E-state index < -0.39 is 11.7 Å². The Hall–Kier alpha value is -8.14. The van der Waals surface area contributed by atoms with Gasteiger partial charge in [-0.25, -0.2) is 4.85 Å². The zero-order valence-corrected chi connectivity index (χ0v) is 35.9. The largest absolute Gasteiger partial charge is 0.416 e. The van der Waals surface area contributed by atoms with Crippen molar-refractivity contribution in [1.82, 2.24) is 9.13 Å². The second-order valence-electron chi connectivity index (χ2n) is 16.9. The van der Waals surface area contributed by atoms with Crippen molar-refractivity contribution in [3.8, 4) is 55.9 Å². The molecule has 9 aromatic carbocycles. The van der Waals surface area contributed by atoms with Gasteiger partial charge in [0.15, 0.2) is 5.69 Å². The Morgan fingerprint density at radius 3 is 1.43 bits per heavy atom. The summed E-state index contributed by atoms with van der Waals surface area (Å²) >= 11 is 0. The molecule has 0 radical (unpaired) electrons. The van der Waals surface area contributed by atoms with Gasteiger partial charge in [-0.05, 0) is 120 Å². The second-order valence-corrected chi connectivity index (χ2v) is 16.9. The second kappa shape index (κ2) is 15.3. The molecule has 0 atom stereocenters. The van der Waals surface area contributed by atoms with Crippen LogP contribution in [-0.2, 0) is 6.18 Å². The summed E-state index contributed by atoms with van der Waals surface area (Å²) < 4.78 is 47.1. The fourth-order valence-electron chi connectivity index (χ4n) is 9.89. The first-order valence-corrected chi connectivity index (χ1v) is 21.6. The zero-order valence-electron chi connectivity index (χ0n) is 35.9. The van der Waals surface area contributed by atoms with Crippen molar-refractivity contribution in [2.75, 3.05) is 0 Å². The SMILES string of the molecule is [C-]#[N+]c1cccc(-n2c3ccccc3c3cc(-c4cccc(C)c4)ccc32)c1-c1c(-c2ccc(C(F)(F)F)cc2C)cccc1-n1c2ccccc2c2cc(-c3cccc(C)c3)ccc21. The van der Waals surface area contributed by atoms with Crippen LogP contribution in [0.5, 0.6) is 0 Å². The number of aryl methyl sites for hydroxylation is 3. The third-order valence-electron chi connectivity index (χ3n) is 12.8. The number of halogens is 3. The van der Waals surface area contributed by atoms with Crippen LogP contribution in [0.3, 0.4) is 0 Å². The van der Waals surface area contributed by atoms with Crippen LogP contribution in [0.15, 0.2) is 188 Å². The number of alkyl halides is 3. The fraction of sp³-hybridized carbons (Fsp3) is 0.0678. The van der Waals surface area contributed by atoms with E-state index >= 15 is 0 Å². The van der Waals surface area contributed by atoms with Crippen molar-refractivity contribution in [3.05, 3.63) is 222 Å². The van der Waals surface area contributed by atoms with Crippen LogP contribution in [0, 0.1) is 27.3 Å². The number of hydrogen-bond donors (Lipinski definition) is 0. The predicted octanol–water partition coefficient (Wildman–Crippen LogP) is 17.0. The summed E-state index contributed by atoms with van der Waals surface area (Å²) in [4.78, 5) is 4.22. The topological polar surface area (TPSA) is 14.2 Å². The molecule has 0 spiro atoms. The molecule has 0 fully saturated rings. The van der Waals surface area contributed by atoms with E-state index in [0.29, 0.717) is 22.4 Å². The van der Waals surface area contributed by atoms with Gasteiger partial charge in [0.2, 0.25) is 0 Å². The summed E-state index contributed by atoms with van der Waals surface area (Å²) in [6.07, 6.45) is -4.51. The Bertz CT molecular complexity index is 3760. The van der Waals surface area contributed by atoms with E-state index in [-0.39, 0.29) is 0 Å². The number of rotatable bonds is 6. The summed E-state index contributed by atoms with van der Waals surface area (Å²) in [5, 5.41) is 4.25. The first kappa shape index (κ1) is 39.7. The minimum atomic E-state index is -4.51. The Morgan fingerprint density at radius 2 is 0.908 bits per heavy atom. The highest BCUT2D eigenvalue weighted by atomic mass is 19.4. The van der Waals surface area contributed by atoms with Crippen LogP contribution < -0.4 is 0 Å². The maximum Gasteiger partial charge on any atom is 0.416 e. The molecule has 0 N–H and O–H groups in total. The summed E-state index contributed by atoms with van der Waals surface area (Å²) in [7, 11) is 0. The number of benzene rings is 9. The van der Waals surface area contributed by atoms with Crippen LogP contribution >= 0.6 is 0 Å². The lowest BCUT2D eigenvalue weighted by molar-refractivity contribution is -0.137. The smallest absolute Gasteiger partial charge is 0.310 e. The molecule has 0 saturated heterocycles. The fourth-order valence-corrected chi connectivity index (χ4v) is 9.89. The lowest BCUT2D eigenvalue weighted by Crippen LogP contribution is -2.06. The van der Waals surface area contributed by atoms with Crippen molar-refractivity contribution >= 4 is 49.3 Å². The average molecular weight is 848 g/mol. The van der Waals surface area contributed by atoms with E-state index in [4.69, 9.17) is 6.57 Å². The first-order valence-electron chi connectivity index (χ1n) is 21.6. The van der Waals surface area contributed by atoms with E-state index in [1.54, 1.807) is 13.0 Å². The molecule has 0 unspecified atom stereocenters. The maximum atomic E-state index is 14.2. The van der Waals surface area contributed by atoms with Gasteiger partial charge in [0.1, 0.15) is 0 Å². The standard InChI is InChI=1S/C59H40F3N3/c1-36-13-9-15-39(31-36)41-25-29-53-48(34-41)45-17-5-7-21-51(45)64(53)55-23-11-19-47(44-28-27-43(33-38(44)3)59(60,61)62)57(55)58-50(63-4)20-12-24-56(58)65-52-22-8-6-18-46(52)49-35-42(26-30-54(49)65)40-16-10-14-37(2)32-40/h5-35H,1-3H3. The van der Waals surface area contributed by atoms with Crippen molar-refractivity contribution in [2.45, 2.75) is 26.9 Å². The molecule has 0 aliphatic rings. The molecular formula is C59H40F3N3. The average Bonchev–Trinajstić information content (AvgIpc) is 3.83. The summed E-state index contributed by atoms with van der Waals surface area (Å²) in [6, 6.07) is 62.6. The van der Waals surface area contributed by atoms with Crippen molar-refractivity contribution in [2.24, 2.45) is 0 Å². The van der Waals surface area contributed by atoms with Crippen molar-refractivity contribution < 1.29 is 13.2 Å². The molecule has 3 nitrogen and oxygen atoms in total. The molecule has 6 heteroatoms. The van der Waals surface area contributed by atoms with E-state index in [2.05, 4.69) is 155 Å². The third kappa shape index (κ3) is 6.59. The summed E-state index contributed by atoms with van der Waals surface area (Å²) in [6.45, 7) is 14.7. The molecule has 0 bridgehead atoms. The van der Waals surface area contributed by atoms with Crippen molar-refractivity contribution in [1.29, 1.82) is 0 Å². The minimum Gasteiger partial charge on any atom is -0.310 e. The number of para-hydroxylation sites is 2. The van der Waals surface area contributed by atoms with Gasteiger partial charge in [0.05, 0.1) is 39.9 Å². The van der Waals surface area contributed by atoms with Gasteiger partial charge >= 0.3 is 6.18 Å². The molecular weight excluding hydrogens is 808 g/mol. The summed E-state index contributed by atoms with van der Waals surface area (Å²) in [5.74, 6) is 0. The van der Waals surface area contributed by atoms with Crippen LogP contribution in [-0.4, -0.2) is 9.13 Å². The lowest BCUT2D eigenvalue weighted by Gasteiger charge is -2.23. The van der Waals surface area contributed by atoms with Gasteiger partial charge < -0.3 is 9.13 Å². The Labute approximate surface area is 374 Å². The lowest BCUT2D eigenvalue weighted by atomic mass is 9.88. The molecule has 11 rings (SSSR count). The van der Waals surface area contributed by atoms with Gasteiger partial charge in [0, 0.05) is 38.4 Å². The van der Waals surface area contributed by atoms with Crippen LogP contribution in [0.2, 0.25) is 0 Å². The predicted molar refractivity (Wildman–Crippen MR) is 262 cm³/mol. The zero-order chi connectivity index (χ0) is 44.6. The maximum absolute atomic E-state index is 14.2. The highest BCUT2D eigenvalue weighted by Crippen LogP contribution is 2.49. The molecule has 312 valence electrons. The van der Waals surface area contributed by atoms with Crippen LogP contribution in [0.25, 0.3) is 104 Å². The minimum absolute atomic E-state index is 0.422. The molecule has 11 aromatic rings. The van der Waals surface area contributed by atoms with Crippen LogP contribution in [0.1, 0.15) is 22.3 Å². The van der Waals surface area contributed by atoms with E-state index in [1.807, 2.05) is 42.5 Å². The van der Waals surface area contributed by atoms with E-state index in [1.165, 1.54) is 17.2 Å². The molecule has 2 aromatic heterocycles. The monoisotopic (exact) mass is 847 g/mol. The van der Waals surface area contributed by atoms with Gasteiger partial charge in [-0.1, -0.05) is 139 Å². The van der Waals surface area contributed by atoms with Gasteiger partial charge in [-0.3, -0.25) is 0 Å². The molecule has 65 heavy (non-hydrogen) atoms. The normalized spacial score (nSPS) is 11.8. The number of nitrogens with zero attached hydrogens (tertiary/aromatic N) is 3. The quantitative estimate of drug-likeness (QED) is 0.148. The van der Waals surface area contributed by atoms with E-state index in [0.717, 1.165) is 94.4 Å².